The van der Waals surface area contributed by atoms with Gasteiger partial charge in [-0.05, 0) is 90.6 Å². The lowest BCUT2D eigenvalue weighted by molar-refractivity contribution is 0.0560. The van der Waals surface area contributed by atoms with Crippen LogP contribution in [0.5, 0.6) is 0 Å². The lowest BCUT2D eigenvalue weighted by atomic mass is 9.78. The predicted molar refractivity (Wildman–Crippen MR) is 157 cm³/mol. The van der Waals surface area contributed by atoms with Gasteiger partial charge in [-0.15, -0.1) is 0 Å². The number of nitrogens with one attached hydrogen (secondary N) is 2. The molecule has 3 rings (SSSR count). The third-order valence-electron chi connectivity index (χ3n) is 6.92. The first-order valence-electron chi connectivity index (χ1n) is 13.2. The number of amidine groups is 1. The summed E-state index contributed by atoms with van der Waals surface area (Å²) in [6.45, 7) is 14.2. The van der Waals surface area contributed by atoms with Gasteiger partial charge in [0.25, 0.3) is 5.91 Å². The minimum atomic E-state index is -1.51. The van der Waals surface area contributed by atoms with Crippen molar-refractivity contribution in [3.63, 3.8) is 0 Å². The number of hydrogen-bond donors (Lipinski definition) is 3. The Morgan fingerprint density at radius 3 is 2.51 bits per heavy atom. The molecular formula is C29H37FN6O4S. The number of anilines is 1. The smallest absolute Gasteiger partial charge is 0.413 e. The van der Waals surface area contributed by atoms with Crippen LogP contribution in [0.3, 0.4) is 0 Å². The molecule has 1 aromatic heterocycles. The van der Waals surface area contributed by atoms with Crippen LogP contribution < -0.4 is 10.6 Å². The van der Waals surface area contributed by atoms with Crippen LogP contribution in [-0.2, 0) is 21.2 Å². The van der Waals surface area contributed by atoms with Gasteiger partial charge in [0.05, 0.1) is 11.1 Å². The molecule has 12 heteroatoms. The summed E-state index contributed by atoms with van der Waals surface area (Å²) in [4.78, 5) is 34.9. The fourth-order valence-electron chi connectivity index (χ4n) is 4.30. The van der Waals surface area contributed by atoms with Gasteiger partial charge in [0.1, 0.15) is 33.8 Å². The first-order chi connectivity index (χ1) is 19.0. The Morgan fingerprint density at radius 1 is 1.22 bits per heavy atom. The molecular weight excluding hydrogens is 547 g/mol. The Bertz CT molecular complexity index is 1460. The third kappa shape index (κ3) is 7.34. The molecule has 0 radical (unpaired) electrons. The van der Waals surface area contributed by atoms with Gasteiger partial charge in [0.2, 0.25) is 0 Å². The number of nitriles is 1. The maximum atomic E-state index is 15.6. The molecule has 10 nitrogen and oxygen atoms in total. The summed E-state index contributed by atoms with van der Waals surface area (Å²) in [5, 5.41) is 14.5. The Labute approximate surface area is 242 Å². The summed E-state index contributed by atoms with van der Waals surface area (Å²) in [5.41, 5.74) is -0.529. The number of carbonyl (C=O) groups excluding carboxylic acids is 2. The first-order valence-corrected chi connectivity index (χ1v) is 14.3. The number of pyridine rings is 1. The number of hydrogen-bond acceptors (Lipinski definition) is 7. The van der Waals surface area contributed by atoms with Crippen molar-refractivity contribution < 1.29 is 23.3 Å². The minimum Gasteiger partial charge on any atom is -0.444 e. The summed E-state index contributed by atoms with van der Waals surface area (Å²) in [7, 11) is -1.51. The summed E-state index contributed by atoms with van der Waals surface area (Å²) in [5.74, 6) is -1.26. The number of aromatic nitrogens is 1. The van der Waals surface area contributed by atoms with Crippen LogP contribution >= 0.6 is 0 Å². The van der Waals surface area contributed by atoms with E-state index in [0.717, 1.165) is 0 Å². The molecule has 0 spiro atoms. The zero-order valence-corrected chi connectivity index (χ0v) is 25.4. The number of halogens is 1. The van der Waals surface area contributed by atoms with E-state index in [1.165, 1.54) is 24.4 Å². The van der Waals surface area contributed by atoms with E-state index in [-0.39, 0.29) is 23.0 Å². The van der Waals surface area contributed by atoms with Crippen molar-refractivity contribution in [2.24, 2.45) is 15.3 Å². The Morgan fingerprint density at radius 2 is 1.90 bits per heavy atom. The topological polar surface area (TPSA) is 149 Å². The van der Waals surface area contributed by atoms with E-state index in [4.69, 9.17) is 15.0 Å². The molecule has 0 fully saturated rings. The summed E-state index contributed by atoms with van der Waals surface area (Å²) < 4.78 is 35.2. The zero-order chi connectivity index (χ0) is 30.8. The normalized spacial score (nSPS) is 24.2. The van der Waals surface area contributed by atoms with Crippen molar-refractivity contribution in [2.75, 3.05) is 11.9 Å². The number of ether oxygens (including phenoxy) is 1. The largest absolute Gasteiger partial charge is 0.444 e. The second-order valence-corrected chi connectivity index (χ2v) is 13.5. The van der Waals surface area contributed by atoms with Gasteiger partial charge in [-0.3, -0.25) is 15.1 Å². The number of rotatable bonds is 3. The van der Waals surface area contributed by atoms with Crippen LogP contribution in [0.25, 0.3) is 0 Å². The van der Waals surface area contributed by atoms with E-state index in [2.05, 4.69) is 20.0 Å². The highest BCUT2D eigenvalue weighted by Crippen LogP contribution is 2.40. The molecule has 3 atom stereocenters. The fraction of sp³-hybridized carbons (Fsp3) is 0.483. The molecule has 2 aromatic rings. The summed E-state index contributed by atoms with van der Waals surface area (Å²) in [6, 6.07) is 7.75. The van der Waals surface area contributed by atoms with Crippen molar-refractivity contribution in [2.45, 2.75) is 77.7 Å². The Balaban J connectivity index is 2.10. The van der Waals surface area contributed by atoms with Crippen LogP contribution in [-0.4, -0.2) is 44.3 Å². The standard InChI is InChI=1S/C29H37FN6O4S/c1-17-13-19(15-31)16-32-23(17)24(37)34-20-9-10-22(30)21(14-20)29(8)18(2)11-12-33-41(39)28(6,7)25(36-29)35-26(38)40-27(3,4)5/h9-10,13-14,16,18H,11-12H2,1-8H3,(H,33,39)(H,34,37)(H,35,36,38)/t18-,29-,41+/m0/s1. The van der Waals surface area contributed by atoms with E-state index in [1.54, 1.807) is 54.5 Å². The molecule has 0 bridgehead atoms. The first kappa shape index (κ1) is 31.8. The second-order valence-electron chi connectivity index (χ2n) is 11.7. The number of benzene rings is 1. The number of nitrogens with zero attached hydrogens (tertiary/aromatic N) is 4. The lowest BCUT2D eigenvalue weighted by Crippen LogP contribution is -2.50. The van der Waals surface area contributed by atoms with Crippen LogP contribution in [0.15, 0.2) is 39.8 Å². The molecule has 1 aliphatic rings. The van der Waals surface area contributed by atoms with E-state index in [9.17, 15) is 14.1 Å². The average Bonchev–Trinajstić information content (AvgIpc) is 2.89. The molecule has 1 aliphatic heterocycles. The molecule has 41 heavy (non-hydrogen) atoms. The van der Waals surface area contributed by atoms with Gasteiger partial charge in [-0.25, -0.2) is 18.5 Å². The van der Waals surface area contributed by atoms with E-state index in [1.807, 2.05) is 13.0 Å². The van der Waals surface area contributed by atoms with Gasteiger partial charge in [-0.2, -0.15) is 5.26 Å². The van der Waals surface area contributed by atoms with Gasteiger partial charge < -0.3 is 14.6 Å². The van der Waals surface area contributed by atoms with E-state index in [0.29, 0.717) is 29.8 Å². The van der Waals surface area contributed by atoms with Crippen LogP contribution in [0.4, 0.5) is 14.9 Å². The molecule has 0 saturated carbocycles. The molecule has 2 heterocycles. The second kappa shape index (κ2) is 12.0. The Kier molecular flexibility index (Phi) is 9.35. The SMILES string of the molecule is Cc1cc(C#N)cnc1C(=O)Nc1ccc(F)c([C@@]2(C)/N=C(/NC(=O)OC(C)(C)C)C(C)(C)/[S@@](O)=N\CC[C@@H]2C)c1. The quantitative estimate of drug-likeness (QED) is 0.410. The molecule has 3 N–H and O–H groups in total. The van der Waals surface area contributed by atoms with Gasteiger partial charge in [0.15, 0.2) is 0 Å². The fourth-order valence-corrected chi connectivity index (χ4v) is 5.17. The molecule has 220 valence electrons. The monoisotopic (exact) mass is 584 g/mol. The predicted octanol–water partition coefficient (Wildman–Crippen LogP) is 5.88. The van der Waals surface area contributed by atoms with Crippen molar-refractivity contribution in [1.82, 2.24) is 10.3 Å². The van der Waals surface area contributed by atoms with Crippen LogP contribution in [0, 0.1) is 30.0 Å². The molecule has 1 aromatic carbocycles. The summed E-state index contributed by atoms with van der Waals surface area (Å²) in [6.07, 6.45) is 1.03. The number of amides is 2. The van der Waals surface area contributed by atoms with Crippen molar-refractivity contribution in [3.8, 4) is 6.07 Å². The van der Waals surface area contributed by atoms with Crippen molar-refractivity contribution in [3.05, 3.63) is 58.7 Å². The number of aryl methyl sites for hydroxylation is 1. The molecule has 0 unspecified atom stereocenters. The average molecular weight is 585 g/mol. The van der Waals surface area contributed by atoms with Crippen LogP contribution in [0.1, 0.15) is 82.1 Å². The molecule has 0 saturated heterocycles. The van der Waals surface area contributed by atoms with Crippen LogP contribution in [0.2, 0.25) is 0 Å². The third-order valence-corrected chi connectivity index (χ3v) is 8.45. The van der Waals surface area contributed by atoms with E-state index < -0.39 is 44.7 Å². The maximum Gasteiger partial charge on any atom is 0.413 e. The minimum absolute atomic E-state index is 0.101. The zero-order valence-electron chi connectivity index (χ0n) is 24.6. The lowest BCUT2D eigenvalue weighted by Gasteiger charge is -2.35. The number of alkyl carbamates (subject to hydrolysis) is 1. The van der Waals surface area contributed by atoms with Gasteiger partial charge >= 0.3 is 6.09 Å². The Hall–Kier alpha value is -3.69. The highest BCUT2D eigenvalue weighted by molar-refractivity contribution is 7.84. The highest BCUT2D eigenvalue weighted by Gasteiger charge is 2.41. The molecule has 2 amide bonds. The summed E-state index contributed by atoms with van der Waals surface area (Å²) >= 11 is 0. The maximum absolute atomic E-state index is 15.6. The van der Waals surface area contributed by atoms with Crippen molar-refractivity contribution in [1.29, 1.82) is 5.26 Å². The van der Waals surface area contributed by atoms with Gasteiger partial charge in [-0.1, -0.05) is 6.92 Å². The van der Waals surface area contributed by atoms with E-state index >= 15 is 4.39 Å². The molecule has 0 aliphatic carbocycles. The van der Waals surface area contributed by atoms with Gasteiger partial charge in [0, 0.05) is 35.0 Å². The number of carbonyl (C=O) groups is 2. The van der Waals surface area contributed by atoms with Crippen molar-refractivity contribution >= 4 is 34.5 Å². The number of aliphatic imine (C=N–C) groups is 1. The highest BCUT2D eigenvalue weighted by atomic mass is 32.2.